The molecular formula is C17H10F2N6S. The van der Waals surface area contributed by atoms with Crippen LogP contribution in [0.5, 0.6) is 0 Å². The maximum Gasteiger partial charge on any atom is 0.158 e. The van der Waals surface area contributed by atoms with Crippen molar-refractivity contribution in [1.29, 1.82) is 5.26 Å². The molecule has 6 nitrogen and oxygen atoms in total. The van der Waals surface area contributed by atoms with E-state index in [1.165, 1.54) is 6.20 Å². The van der Waals surface area contributed by atoms with Crippen LogP contribution in [0.15, 0.2) is 46.8 Å². The average Bonchev–Trinajstić information content (AvgIpc) is 3.23. The van der Waals surface area contributed by atoms with E-state index in [-0.39, 0.29) is 5.03 Å². The number of hydrogen-bond acceptors (Lipinski definition) is 5. The van der Waals surface area contributed by atoms with Gasteiger partial charge in [0, 0.05) is 34.0 Å². The molecule has 26 heavy (non-hydrogen) atoms. The topological polar surface area (TPSA) is 82.7 Å². The highest BCUT2D eigenvalue weighted by Crippen LogP contribution is 2.36. The molecule has 4 aromatic rings. The fourth-order valence-corrected chi connectivity index (χ4v) is 3.57. The van der Waals surface area contributed by atoms with E-state index in [1.54, 1.807) is 16.9 Å². The number of nitrogens with zero attached hydrogens (tertiary/aromatic N) is 5. The second kappa shape index (κ2) is 6.24. The minimum Gasteiger partial charge on any atom is -0.282 e. The molecule has 0 unspecified atom stereocenters. The third-order valence-corrected chi connectivity index (χ3v) is 4.84. The molecule has 0 aromatic carbocycles. The predicted molar refractivity (Wildman–Crippen MR) is 90.5 cm³/mol. The minimum absolute atomic E-state index is 0.0134. The fraction of sp³-hybridized carbons (Fsp3) is 0.0588. The summed E-state index contributed by atoms with van der Waals surface area (Å²) in [4.78, 5) is 4.39. The summed E-state index contributed by atoms with van der Waals surface area (Å²) in [6.45, 7) is 1.88. The van der Waals surface area contributed by atoms with Gasteiger partial charge in [-0.2, -0.15) is 15.5 Å². The molecule has 4 heterocycles. The highest BCUT2D eigenvalue weighted by molar-refractivity contribution is 7.99. The highest BCUT2D eigenvalue weighted by Gasteiger charge is 2.17. The smallest absolute Gasteiger partial charge is 0.158 e. The maximum atomic E-state index is 14.1. The summed E-state index contributed by atoms with van der Waals surface area (Å²) in [5.74, 6) is -1.52. The Bertz CT molecular complexity index is 1170. The Morgan fingerprint density at radius 3 is 2.77 bits per heavy atom. The van der Waals surface area contributed by atoms with Crippen LogP contribution in [0, 0.1) is 29.9 Å². The molecule has 9 heteroatoms. The van der Waals surface area contributed by atoms with Crippen molar-refractivity contribution in [3.8, 4) is 17.2 Å². The van der Waals surface area contributed by atoms with Crippen LogP contribution in [-0.4, -0.2) is 24.8 Å². The Hall–Kier alpha value is -3.25. The van der Waals surface area contributed by atoms with Gasteiger partial charge in [0.2, 0.25) is 0 Å². The quantitative estimate of drug-likeness (QED) is 0.596. The Morgan fingerprint density at radius 2 is 2.08 bits per heavy atom. The number of nitriles is 1. The van der Waals surface area contributed by atoms with Crippen molar-refractivity contribution in [2.75, 3.05) is 0 Å². The van der Waals surface area contributed by atoms with Gasteiger partial charge in [-0.1, -0.05) is 11.8 Å². The highest BCUT2D eigenvalue weighted by atomic mass is 32.2. The Morgan fingerprint density at radius 1 is 1.23 bits per heavy atom. The van der Waals surface area contributed by atoms with E-state index in [1.807, 2.05) is 13.0 Å². The van der Waals surface area contributed by atoms with Crippen molar-refractivity contribution in [2.45, 2.75) is 16.8 Å². The van der Waals surface area contributed by atoms with Crippen molar-refractivity contribution in [3.05, 3.63) is 59.8 Å². The first-order valence-electron chi connectivity index (χ1n) is 7.47. The standard InChI is InChI=1S/C17H10F2N6S/c1-9-13(7-22-24-9)10-2-15(16-11(4-20)5-23-25(16)8-10)26-17-14(19)3-12(18)6-21-17/h2-3,5-8H,1H3,(H,22,24). The van der Waals surface area contributed by atoms with Gasteiger partial charge in [-0.05, 0) is 13.0 Å². The van der Waals surface area contributed by atoms with Crippen molar-refractivity contribution in [3.63, 3.8) is 0 Å². The monoisotopic (exact) mass is 368 g/mol. The number of H-pyrrole nitrogens is 1. The molecule has 0 spiro atoms. The number of aromatic amines is 1. The fourth-order valence-electron chi connectivity index (χ4n) is 2.61. The molecule has 0 fully saturated rings. The van der Waals surface area contributed by atoms with Gasteiger partial charge < -0.3 is 0 Å². The number of halogens is 2. The molecule has 128 valence electrons. The van der Waals surface area contributed by atoms with Gasteiger partial charge in [0.1, 0.15) is 16.9 Å². The average molecular weight is 368 g/mol. The molecular weight excluding hydrogens is 358 g/mol. The Labute approximate surface area is 150 Å². The summed E-state index contributed by atoms with van der Waals surface area (Å²) in [7, 11) is 0. The van der Waals surface area contributed by atoms with Crippen LogP contribution in [0.25, 0.3) is 16.6 Å². The largest absolute Gasteiger partial charge is 0.282 e. The first-order valence-corrected chi connectivity index (χ1v) is 8.29. The van der Waals surface area contributed by atoms with Gasteiger partial charge >= 0.3 is 0 Å². The van der Waals surface area contributed by atoms with Gasteiger partial charge in [0.25, 0.3) is 0 Å². The van der Waals surface area contributed by atoms with Gasteiger partial charge in [0.05, 0.1) is 29.7 Å². The number of aromatic nitrogens is 5. The van der Waals surface area contributed by atoms with Gasteiger partial charge in [-0.15, -0.1) is 0 Å². The maximum absolute atomic E-state index is 14.1. The number of hydrogen-bond donors (Lipinski definition) is 1. The Balaban J connectivity index is 1.92. The first-order chi connectivity index (χ1) is 12.6. The van der Waals surface area contributed by atoms with Crippen molar-refractivity contribution in [2.24, 2.45) is 0 Å². The summed E-state index contributed by atoms with van der Waals surface area (Å²) < 4.78 is 28.7. The lowest BCUT2D eigenvalue weighted by Crippen LogP contribution is -1.94. The van der Waals surface area contributed by atoms with Crippen LogP contribution in [0.4, 0.5) is 8.78 Å². The van der Waals surface area contributed by atoms with Gasteiger partial charge in [-0.25, -0.2) is 18.3 Å². The summed E-state index contributed by atoms with van der Waals surface area (Å²) in [6.07, 6.45) is 5.84. The first kappa shape index (κ1) is 16.2. The molecule has 0 saturated heterocycles. The van der Waals surface area contributed by atoms with E-state index in [2.05, 4.69) is 26.3 Å². The number of pyridine rings is 2. The molecule has 4 aromatic heterocycles. The molecule has 0 saturated carbocycles. The van der Waals surface area contributed by atoms with Crippen molar-refractivity contribution in [1.82, 2.24) is 24.8 Å². The molecule has 1 N–H and O–H groups in total. The van der Waals surface area contributed by atoms with E-state index in [0.29, 0.717) is 16.0 Å². The van der Waals surface area contributed by atoms with Crippen LogP contribution >= 0.6 is 11.8 Å². The molecule has 0 radical (unpaired) electrons. The van der Waals surface area contributed by atoms with E-state index in [9.17, 15) is 14.0 Å². The van der Waals surface area contributed by atoms with E-state index < -0.39 is 11.6 Å². The molecule has 0 aliphatic rings. The zero-order chi connectivity index (χ0) is 18.3. The zero-order valence-electron chi connectivity index (χ0n) is 13.4. The number of fused-ring (bicyclic) bond motifs is 1. The van der Waals surface area contributed by atoms with E-state index >= 15 is 0 Å². The summed E-state index contributed by atoms with van der Waals surface area (Å²) in [5.41, 5.74) is 3.40. The molecule has 0 aliphatic carbocycles. The molecule has 4 rings (SSSR count). The third-order valence-electron chi connectivity index (χ3n) is 3.82. The molecule has 0 amide bonds. The van der Waals surface area contributed by atoms with Crippen LogP contribution in [0.3, 0.4) is 0 Å². The normalized spacial score (nSPS) is 11.0. The lowest BCUT2D eigenvalue weighted by Gasteiger charge is -2.08. The second-order valence-electron chi connectivity index (χ2n) is 5.51. The van der Waals surface area contributed by atoms with Crippen LogP contribution < -0.4 is 0 Å². The van der Waals surface area contributed by atoms with Crippen molar-refractivity contribution < 1.29 is 8.78 Å². The lowest BCUT2D eigenvalue weighted by molar-refractivity contribution is 0.548. The summed E-state index contributed by atoms with van der Waals surface area (Å²) >= 11 is 1.01. The van der Waals surface area contributed by atoms with Crippen LogP contribution in [0.1, 0.15) is 11.3 Å². The van der Waals surface area contributed by atoms with Crippen LogP contribution in [0.2, 0.25) is 0 Å². The lowest BCUT2D eigenvalue weighted by atomic mass is 10.1. The van der Waals surface area contributed by atoms with E-state index in [0.717, 1.165) is 40.8 Å². The molecule has 0 atom stereocenters. The number of aryl methyl sites for hydroxylation is 1. The predicted octanol–water partition coefficient (Wildman–Crippen LogP) is 3.73. The summed E-state index contributed by atoms with van der Waals surface area (Å²) in [6, 6.07) is 4.66. The van der Waals surface area contributed by atoms with Gasteiger partial charge in [-0.3, -0.25) is 5.10 Å². The minimum atomic E-state index is -0.768. The number of rotatable bonds is 3. The SMILES string of the molecule is Cc1[nH]ncc1-c1cc(Sc2ncc(F)cc2F)c2c(C#N)cnn2c1. The molecule has 0 bridgehead atoms. The zero-order valence-corrected chi connectivity index (χ0v) is 14.2. The van der Waals surface area contributed by atoms with E-state index in [4.69, 9.17) is 0 Å². The number of nitrogens with one attached hydrogen (secondary N) is 1. The molecule has 0 aliphatic heterocycles. The van der Waals surface area contributed by atoms with Crippen LogP contribution in [-0.2, 0) is 0 Å². The summed E-state index contributed by atoms with van der Waals surface area (Å²) in [5, 5.41) is 20.4. The van der Waals surface area contributed by atoms with Crippen molar-refractivity contribution >= 4 is 17.3 Å². The second-order valence-corrected chi connectivity index (χ2v) is 6.54. The third kappa shape index (κ3) is 2.70. The Kier molecular flexibility index (Phi) is 3.89. The van der Waals surface area contributed by atoms with Gasteiger partial charge in [0.15, 0.2) is 5.82 Å².